The molecule has 0 aliphatic carbocycles. The van der Waals surface area contributed by atoms with Crippen molar-refractivity contribution in [1.82, 2.24) is 4.31 Å². The number of carbonyl (C=O) groups is 1. The zero-order chi connectivity index (χ0) is 18.2. The van der Waals surface area contributed by atoms with Crippen LogP contribution in [0, 0.1) is 0 Å². The summed E-state index contributed by atoms with van der Waals surface area (Å²) in [7, 11) is -2.05. The van der Waals surface area contributed by atoms with Crippen molar-refractivity contribution in [1.29, 1.82) is 0 Å². The number of nitrogens with one attached hydrogen (secondary N) is 1. The Kier molecular flexibility index (Phi) is 4.67. The van der Waals surface area contributed by atoms with E-state index < -0.39 is 10.0 Å². The highest BCUT2D eigenvalue weighted by molar-refractivity contribution is 7.89. The van der Waals surface area contributed by atoms with Crippen LogP contribution in [0.25, 0.3) is 0 Å². The van der Waals surface area contributed by atoms with Gasteiger partial charge in [0.05, 0.1) is 10.8 Å². The van der Waals surface area contributed by atoms with Gasteiger partial charge in [0.15, 0.2) is 0 Å². The molecule has 1 aliphatic heterocycles. The molecule has 1 aliphatic rings. The van der Waals surface area contributed by atoms with E-state index in [9.17, 15) is 13.2 Å². The van der Waals surface area contributed by atoms with Crippen molar-refractivity contribution >= 4 is 21.6 Å². The highest BCUT2D eigenvalue weighted by Crippen LogP contribution is 2.34. The summed E-state index contributed by atoms with van der Waals surface area (Å²) in [4.78, 5) is 12.0. The topological polar surface area (TPSA) is 66.5 Å². The fourth-order valence-electron chi connectivity index (χ4n) is 2.96. The van der Waals surface area contributed by atoms with Crippen molar-refractivity contribution in [2.45, 2.75) is 37.6 Å². The minimum atomic E-state index is -3.62. The number of nitrogens with zero attached hydrogens (tertiary/aromatic N) is 1. The average molecular weight is 358 g/mol. The van der Waals surface area contributed by atoms with Crippen molar-refractivity contribution < 1.29 is 13.2 Å². The van der Waals surface area contributed by atoms with Crippen molar-refractivity contribution in [2.24, 2.45) is 0 Å². The summed E-state index contributed by atoms with van der Waals surface area (Å²) >= 11 is 0. The average Bonchev–Trinajstić information content (AvgIpc) is 2.89. The van der Waals surface area contributed by atoms with Crippen molar-refractivity contribution in [3.63, 3.8) is 0 Å². The first kappa shape index (κ1) is 17.6. The van der Waals surface area contributed by atoms with Crippen LogP contribution in [0.2, 0.25) is 0 Å². The number of anilines is 1. The van der Waals surface area contributed by atoms with Crippen LogP contribution in [0.15, 0.2) is 47.4 Å². The number of sulfonamides is 1. The van der Waals surface area contributed by atoms with Gasteiger partial charge < -0.3 is 5.32 Å². The van der Waals surface area contributed by atoms with Gasteiger partial charge in [0.1, 0.15) is 0 Å². The number of carbonyl (C=O) groups excluding carboxylic acids is 1. The first-order valence-corrected chi connectivity index (χ1v) is 9.76. The van der Waals surface area contributed by atoms with Crippen LogP contribution in [0.1, 0.15) is 36.5 Å². The van der Waals surface area contributed by atoms with Gasteiger partial charge in [-0.05, 0) is 48.2 Å². The molecule has 1 amide bonds. The van der Waals surface area contributed by atoms with E-state index >= 15 is 0 Å². The van der Waals surface area contributed by atoms with E-state index in [1.165, 1.54) is 9.87 Å². The molecule has 0 saturated heterocycles. The Morgan fingerprint density at radius 2 is 1.72 bits per heavy atom. The summed E-state index contributed by atoms with van der Waals surface area (Å²) in [5.41, 5.74) is 3.58. The van der Waals surface area contributed by atoms with Crippen LogP contribution in [0.4, 0.5) is 5.69 Å². The van der Waals surface area contributed by atoms with Gasteiger partial charge >= 0.3 is 0 Å². The maximum absolute atomic E-state index is 12.9. The molecule has 132 valence electrons. The molecule has 1 N–H and O–H groups in total. The van der Waals surface area contributed by atoms with E-state index in [1.54, 1.807) is 32.2 Å². The van der Waals surface area contributed by atoms with Crippen molar-refractivity contribution in [3.8, 4) is 0 Å². The highest BCUT2D eigenvalue weighted by Gasteiger charge is 2.29. The lowest BCUT2D eigenvalue weighted by molar-refractivity contribution is -0.116. The Balaban J connectivity index is 1.84. The molecule has 0 saturated carbocycles. The summed E-state index contributed by atoms with van der Waals surface area (Å²) in [6, 6.07) is 12.8. The second-order valence-corrected chi connectivity index (χ2v) is 8.44. The molecule has 0 radical (unpaired) electrons. The van der Waals surface area contributed by atoms with Gasteiger partial charge in [0.2, 0.25) is 15.9 Å². The molecule has 2 aromatic carbocycles. The fraction of sp³-hybridized carbons (Fsp3) is 0.316. The molecular formula is C19H22N2O3S. The summed E-state index contributed by atoms with van der Waals surface area (Å²) in [6.45, 7) is 4.16. The second kappa shape index (κ2) is 6.61. The number of amides is 1. The second-order valence-electron chi connectivity index (χ2n) is 6.39. The molecule has 0 unspecified atom stereocenters. The van der Waals surface area contributed by atoms with Crippen LogP contribution in [-0.4, -0.2) is 25.7 Å². The third-order valence-electron chi connectivity index (χ3n) is 4.69. The summed E-state index contributed by atoms with van der Waals surface area (Å²) in [5, 5.41) is 2.76. The van der Waals surface area contributed by atoms with Gasteiger partial charge in [0, 0.05) is 19.3 Å². The molecular weight excluding hydrogens is 336 g/mol. The van der Waals surface area contributed by atoms with Gasteiger partial charge in [-0.3, -0.25) is 4.79 Å². The van der Waals surface area contributed by atoms with Crippen LogP contribution in [-0.2, 0) is 27.8 Å². The van der Waals surface area contributed by atoms with Gasteiger partial charge in [0.25, 0.3) is 0 Å². The maximum Gasteiger partial charge on any atom is 0.243 e. The molecule has 5 nitrogen and oxygen atoms in total. The highest BCUT2D eigenvalue weighted by atomic mass is 32.2. The summed E-state index contributed by atoms with van der Waals surface area (Å²) in [5.74, 6) is -0.439. The lowest BCUT2D eigenvalue weighted by atomic mass is 10.0. The molecule has 1 atom stereocenters. The van der Waals surface area contributed by atoms with E-state index in [4.69, 9.17) is 0 Å². The van der Waals surface area contributed by atoms with Crippen LogP contribution in [0.5, 0.6) is 0 Å². The quantitative estimate of drug-likeness (QED) is 0.893. The van der Waals surface area contributed by atoms with E-state index in [0.717, 1.165) is 17.5 Å². The van der Waals surface area contributed by atoms with Gasteiger partial charge in [-0.15, -0.1) is 0 Å². The number of rotatable bonds is 5. The Labute approximate surface area is 148 Å². The molecule has 25 heavy (non-hydrogen) atoms. The van der Waals surface area contributed by atoms with E-state index in [-0.39, 0.29) is 16.7 Å². The number of fused-ring (bicyclic) bond motifs is 1. The fourth-order valence-corrected chi connectivity index (χ4v) is 4.15. The first-order valence-electron chi connectivity index (χ1n) is 8.32. The molecule has 3 rings (SSSR count). The smallest absolute Gasteiger partial charge is 0.243 e. The zero-order valence-corrected chi connectivity index (χ0v) is 15.4. The minimum absolute atomic E-state index is 0.103. The van der Waals surface area contributed by atoms with Gasteiger partial charge in [-0.2, -0.15) is 4.31 Å². The van der Waals surface area contributed by atoms with E-state index in [0.29, 0.717) is 12.2 Å². The predicted molar refractivity (Wildman–Crippen MR) is 98.0 cm³/mol. The molecule has 0 aromatic heterocycles. The third kappa shape index (κ3) is 3.32. The molecule has 6 heteroatoms. The Hall–Kier alpha value is -2.18. The standard InChI is InChI=1S/C19H22N2O3S/c1-4-14-5-7-15(8-6-14)12-21(3)25(23,24)16-9-10-18-17(11-16)13(2)19(22)20-18/h5-11,13H,4,12H2,1-3H3,(H,20,22)/t13-/m1/s1. The molecule has 0 bridgehead atoms. The third-order valence-corrected chi connectivity index (χ3v) is 6.48. The molecule has 0 spiro atoms. The minimum Gasteiger partial charge on any atom is -0.325 e. The SMILES string of the molecule is CCc1ccc(CN(C)S(=O)(=O)c2ccc3c(c2)[C@@H](C)C(=O)N3)cc1. The monoisotopic (exact) mass is 358 g/mol. The molecule has 2 aromatic rings. The van der Waals surface area contributed by atoms with E-state index in [2.05, 4.69) is 12.2 Å². The maximum atomic E-state index is 12.9. The van der Waals surface area contributed by atoms with Crippen molar-refractivity contribution in [2.75, 3.05) is 12.4 Å². The number of hydrogen-bond donors (Lipinski definition) is 1. The first-order chi connectivity index (χ1) is 11.8. The Morgan fingerprint density at radius 3 is 2.36 bits per heavy atom. The predicted octanol–water partition coefficient (Wildman–Crippen LogP) is 3.13. The number of hydrogen-bond acceptors (Lipinski definition) is 3. The van der Waals surface area contributed by atoms with Gasteiger partial charge in [-0.25, -0.2) is 8.42 Å². The molecule has 0 fully saturated rings. The normalized spacial score (nSPS) is 16.8. The lowest BCUT2D eigenvalue weighted by Crippen LogP contribution is -2.26. The number of aryl methyl sites for hydroxylation is 1. The summed E-state index contributed by atoms with van der Waals surface area (Å²) in [6.07, 6.45) is 0.953. The van der Waals surface area contributed by atoms with Crippen LogP contribution < -0.4 is 5.32 Å². The molecule has 1 heterocycles. The van der Waals surface area contributed by atoms with Gasteiger partial charge in [-0.1, -0.05) is 31.2 Å². The van der Waals surface area contributed by atoms with Crippen LogP contribution in [0.3, 0.4) is 0 Å². The Bertz CT molecular complexity index is 905. The number of benzene rings is 2. The zero-order valence-electron chi connectivity index (χ0n) is 14.6. The summed E-state index contributed by atoms with van der Waals surface area (Å²) < 4.78 is 27.1. The van der Waals surface area contributed by atoms with Crippen LogP contribution >= 0.6 is 0 Å². The Morgan fingerprint density at radius 1 is 1.08 bits per heavy atom. The van der Waals surface area contributed by atoms with E-state index in [1.807, 2.05) is 24.3 Å². The largest absolute Gasteiger partial charge is 0.325 e. The van der Waals surface area contributed by atoms with Crippen molar-refractivity contribution in [3.05, 3.63) is 59.2 Å². The lowest BCUT2D eigenvalue weighted by Gasteiger charge is -2.18.